The normalized spacial score (nSPS) is 16.1. The largest absolute Gasteiger partial charge is 0.387 e. The molecule has 7 heteroatoms. The van der Waals surface area contributed by atoms with E-state index in [1.54, 1.807) is 0 Å². The topological polar surface area (TPSA) is 39.9 Å². The Hall–Kier alpha value is -3.22. The summed E-state index contributed by atoms with van der Waals surface area (Å²) in [4.78, 5) is 2.92. The van der Waals surface area contributed by atoms with Crippen LogP contribution in [0.2, 0.25) is 0 Å². The Balaban J connectivity index is 1.68. The third-order valence-electron chi connectivity index (χ3n) is 5.40. The molecule has 3 aromatic rings. The molecular weight excluding hydrogens is 394 g/mol. The minimum Gasteiger partial charge on any atom is -0.387 e. The lowest BCUT2D eigenvalue weighted by atomic mass is 10.00. The number of H-pyrrole nitrogens is 1. The Morgan fingerprint density at radius 3 is 2.57 bits per heavy atom. The van der Waals surface area contributed by atoms with Crippen molar-refractivity contribution in [2.24, 2.45) is 0 Å². The Bertz CT molecular complexity index is 1150. The third-order valence-corrected chi connectivity index (χ3v) is 5.40. The van der Waals surface area contributed by atoms with E-state index >= 15 is 0 Å². The fourth-order valence-electron chi connectivity index (χ4n) is 3.86. The molecule has 1 saturated heterocycles. The lowest BCUT2D eigenvalue weighted by Gasteiger charge is -2.17. The molecular formula is C23H21F4N3. The molecule has 0 radical (unpaired) electrons. The number of hydrogen-bond acceptors (Lipinski definition) is 2. The first-order chi connectivity index (χ1) is 14.3. The van der Waals surface area contributed by atoms with E-state index < -0.39 is 23.3 Å². The minimum atomic E-state index is -1.01. The van der Waals surface area contributed by atoms with Gasteiger partial charge in [-0.15, -0.1) is 0 Å². The molecule has 0 aliphatic carbocycles. The maximum atomic E-state index is 14.4. The van der Waals surface area contributed by atoms with Crippen molar-refractivity contribution in [1.29, 1.82) is 0 Å². The van der Waals surface area contributed by atoms with Crippen LogP contribution in [0.3, 0.4) is 0 Å². The van der Waals surface area contributed by atoms with Gasteiger partial charge in [0.1, 0.15) is 11.6 Å². The first kappa shape index (κ1) is 20.1. The second-order valence-corrected chi connectivity index (χ2v) is 7.46. The van der Waals surface area contributed by atoms with Crippen molar-refractivity contribution >= 4 is 10.9 Å². The van der Waals surface area contributed by atoms with Crippen LogP contribution in [-0.4, -0.2) is 17.6 Å². The van der Waals surface area contributed by atoms with E-state index in [1.165, 1.54) is 12.1 Å². The molecule has 0 spiro atoms. The zero-order valence-electron chi connectivity index (χ0n) is 16.2. The van der Waals surface area contributed by atoms with E-state index in [1.807, 2.05) is 0 Å². The van der Waals surface area contributed by atoms with Gasteiger partial charge in [-0.05, 0) is 49.1 Å². The van der Waals surface area contributed by atoms with Gasteiger partial charge >= 0.3 is 0 Å². The molecule has 0 saturated carbocycles. The SMILES string of the molecule is C=C(CCc1c(-c2ccc(F)c(F)c2)[nH]c2c(F)cc(F)cc12)NC1CCNC1=C. The summed E-state index contributed by atoms with van der Waals surface area (Å²) in [5.41, 5.74) is 3.17. The van der Waals surface area contributed by atoms with Crippen molar-refractivity contribution in [3.8, 4) is 11.3 Å². The Morgan fingerprint density at radius 1 is 1.07 bits per heavy atom. The highest BCUT2D eigenvalue weighted by molar-refractivity contribution is 5.91. The van der Waals surface area contributed by atoms with Gasteiger partial charge in [0.25, 0.3) is 0 Å². The van der Waals surface area contributed by atoms with Crippen LogP contribution in [0, 0.1) is 23.3 Å². The fourth-order valence-corrected chi connectivity index (χ4v) is 3.86. The van der Waals surface area contributed by atoms with E-state index in [2.05, 4.69) is 28.8 Å². The van der Waals surface area contributed by atoms with Crippen LogP contribution >= 0.6 is 0 Å². The lowest BCUT2D eigenvalue weighted by Crippen LogP contribution is -2.28. The number of nitrogens with one attached hydrogen (secondary N) is 3. The summed E-state index contributed by atoms with van der Waals surface area (Å²) in [5, 5.41) is 6.85. The second kappa shape index (κ2) is 7.89. The molecule has 156 valence electrons. The molecule has 1 fully saturated rings. The first-order valence-electron chi connectivity index (χ1n) is 9.65. The van der Waals surface area contributed by atoms with Gasteiger partial charge in [0.05, 0.1) is 11.6 Å². The van der Waals surface area contributed by atoms with Crippen molar-refractivity contribution in [3.63, 3.8) is 0 Å². The third kappa shape index (κ3) is 3.79. The Morgan fingerprint density at radius 2 is 1.87 bits per heavy atom. The molecule has 3 N–H and O–H groups in total. The van der Waals surface area contributed by atoms with E-state index in [0.717, 1.165) is 42.6 Å². The lowest BCUT2D eigenvalue weighted by molar-refractivity contribution is 0.509. The van der Waals surface area contributed by atoms with Crippen LogP contribution in [0.25, 0.3) is 22.2 Å². The Labute approximate surface area is 171 Å². The molecule has 30 heavy (non-hydrogen) atoms. The van der Waals surface area contributed by atoms with Gasteiger partial charge in [0.2, 0.25) is 0 Å². The van der Waals surface area contributed by atoms with Crippen LogP contribution in [0.1, 0.15) is 18.4 Å². The second-order valence-electron chi connectivity index (χ2n) is 7.46. The van der Waals surface area contributed by atoms with Crippen LogP contribution in [0.4, 0.5) is 17.6 Å². The maximum absolute atomic E-state index is 14.4. The van der Waals surface area contributed by atoms with Gasteiger partial charge in [-0.25, -0.2) is 17.6 Å². The van der Waals surface area contributed by atoms with Gasteiger partial charge in [-0.1, -0.05) is 13.2 Å². The maximum Gasteiger partial charge on any atom is 0.159 e. The van der Waals surface area contributed by atoms with Gasteiger partial charge in [0, 0.05) is 40.6 Å². The highest BCUT2D eigenvalue weighted by atomic mass is 19.2. The fraction of sp³-hybridized carbons (Fsp3) is 0.217. The Kier molecular flexibility index (Phi) is 5.28. The predicted molar refractivity (Wildman–Crippen MR) is 110 cm³/mol. The standard InChI is InChI=1S/C23H21F4N3/c1-12(29-21-7-8-28-13(21)2)3-5-16-17-10-15(24)11-20(27)23(17)30-22(16)14-4-6-18(25)19(26)9-14/h4,6,9-11,21,28-30H,1-3,5,7-8H2. The number of aromatic nitrogens is 1. The summed E-state index contributed by atoms with van der Waals surface area (Å²) >= 11 is 0. The van der Waals surface area contributed by atoms with E-state index in [-0.39, 0.29) is 11.6 Å². The zero-order chi connectivity index (χ0) is 21.4. The zero-order valence-corrected chi connectivity index (χ0v) is 16.2. The molecule has 1 aliphatic rings. The average Bonchev–Trinajstić information content (AvgIpc) is 3.26. The molecule has 3 nitrogen and oxygen atoms in total. The van der Waals surface area contributed by atoms with Crippen LogP contribution in [0.5, 0.6) is 0 Å². The minimum absolute atomic E-state index is 0.0843. The summed E-state index contributed by atoms with van der Waals surface area (Å²) in [6.45, 7) is 8.84. The summed E-state index contributed by atoms with van der Waals surface area (Å²) < 4.78 is 55.5. The highest BCUT2D eigenvalue weighted by Gasteiger charge is 2.21. The summed E-state index contributed by atoms with van der Waals surface area (Å²) in [6, 6.07) is 5.57. The molecule has 1 aromatic heterocycles. The monoisotopic (exact) mass is 415 g/mol. The van der Waals surface area contributed by atoms with Crippen molar-refractivity contribution in [2.75, 3.05) is 6.54 Å². The van der Waals surface area contributed by atoms with E-state index in [9.17, 15) is 17.6 Å². The van der Waals surface area contributed by atoms with Crippen LogP contribution < -0.4 is 10.6 Å². The number of aryl methyl sites for hydroxylation is 1. The summed E-state index contributed by atoms with van der Waals surface area (Å²) in [6.07, 6.45) is 1.78. The number of fused-ring (bicyclic) bond motifs is 1. The number of aromatic amines is 1. The smallest absolute Gasteiger partial charge is 0.159 e. The molecule has 2 aromatic carbocycles. The van der Waals surface area contributed by atoms with Gasteiger partial charge < -0.3 is 15.6 Å². The van der Waals surface area contributed by atoms with Crippen LogP contribution in [-0.2, 0) is 6.42 Å². The van der Waals surface area contributed by atoms with Crippen molar-refractivity contribution < 1.29 is 17.6 Å². The average molecular weight is 415 g/mol. The number of allylic oxidation sites excluding steroid dienone is 1. The number of benzene rings is 2. The summed E-state index contributed by atoms with van der Waals surface area (Å²) in [7, 11) is 0. The molecule has 0 bridgehead atoms. The summed E-state index contributed by atoms with van der Waals surface area (Å²) in [5.74, 6) is -3.44. The number of halogens is 4. The molecule has 1 unspecified atom stereocenters. The molecule has 1 atom stereocenters. The van der Waals surface area contributed by atoms with Crippen LogP contribution in [0.15, 0.2) is 54.9 Å². The van der Waals surface area contributed by atoms with Crippen molar-refractivity contribution in [3.05, 3.63) is 83.7 Å². The molecule has 1 aliphatic heterocycles. The number of rotatable bonds is 6. The quantitative estimate of drug-likeness (QED) is 0.478. The highest BCUT2D eigenvalue weighted by Crippen LogP contribution is 2.34. The van der Waals surface area contributed by atoms with Gasteiger partial charge in [-0.2, -0.15) is 0 Å². The van der Waals surface area contributed by atoms with Gasteiger partial charge in [-0.3, -0.25) is 0 Å². The molecule has 2 heterocycles. The molecule has 0 amide bonds. The van der Waals surface area contributed by atoms with Crippen molar-refractivity contribution in [2.45, 2.75) is 25.3 Å². The molecule has 4 rings (SSSR count). The van der Waals surface area contributed by atoms with E-state index in [4.69, 9.17) is 0 Å². The first-order valence-corrected chi connectivity index (χ1v) is 9.65. The van der Waals surface area contributed by atoms with Gasteiger partial charge in [0.15, 0.2) is 11.6 Å². The van der Waals surface area contributed by atoms with E-state index in [0.29, 0.717) is 35.0 Å². The number of hydrogen-bond donors (Lipinski definition) is 3. The van der Waals surface area contributed by atoms with Crippen molar-refractivity contribution in [1.82, 2.24) is 15.6 Å². The predicted octanol–water partition coefficient (Wildman–Crippen LogP) is 5.30.